The van der Waals surface area contributed by atoms with Crippen molar-refractivity contribution in [2.24, 2.45) is 5.10 Å². The second-order valence-corrected chi connectivity index (χ2v) is 5.71. The van der Waals surface area contributed by atoms with Crippen LogP contribution < -0.4 is 5.43 Å². The zero-order chi connectivity index (χ0) is 11.4. The third kappa shape index (κ3) is 3.11. The maximum Gasteiger partial charge on any atom is 0.151 e. The Kier molecular flexibility index (Phi) is 4.09. The number of hydrazone groups is 1. The fraction of sp³-hybridized carbons (Fsp3) is 0.917. The van der Waals surface area contributed by atoms with Crippen LogP contribution in [-0.4, -0.2) is 23.4 Å². The van der Waals surface area contributed by atoms with Gasteiger partial charge in [0.25, 0.3) is 0 Å². The van der Waals surface area contributed by atoms with E-state index in [9.17, 15) is 0 Å². The minimum absolute atomic E-state index is 0.0853. The van der Waals surface area contributed by atoms with E-state index in [-0.39, 0.29) is 6.10 Å². The highest BCUT2D eigenvalue weighted by Crippen LogP contribution is 2.27. The number of halogens is 1. The Morgan fingerprint density at radius 1 is 1.31 bits per heavy atom. The highest BCUT2D eigenvalue weighted by molar-refractivity contribution is 6.23. The summed E-state index contributed by atoms with van der Waals surface area (Å²) < 4.78 is 5.59. The summed E-state index contributed by atoms with van der Waals surface area (Å²) in [4.78, 5) is -0.555. The lowest BCUT2D eigenvalue weighted by atomic mass is 9.99. The molecule has 2 fully saturated rings. The molecule has 0 amide bonds. The first-order chi connectivity index (χ1) is 7.68. The van der Waals surface area contributed by atoms with E-state index >= 15 is 0 Å². The maximum atomic E-state index is 6.42. The van der Waals surface area contributed by atoms with Gasteiger partial charge in [-0.3, -0.25) is 5.43 Å². The van der Waals surface area contributed by atoms with Crippen molar-refractivity contribution in [1.82, 2.24) is 5.43 Å². The van der Waals surface area contributed by atoms with Crippen molar-refractivity contribution in [3.63, 3.8) is 0 Å². The quantitative estimate of drug-likeness (QED) is 0.470. The van der Waals surface area contributed by atoms with Crippen molar-refractivity contribution in [2.45, 2.75) is 63.0 Å². The zero-order valence-electron chi connectivity index (χ0n) is 9.97. The molecule has 2 rings (SSSR count). The Morgan fingerprint density at radius 2 is 2.06 bits per heavy atom. The van der Waals surface area contributed by atoms with E-state index < -0.39 is 5.00 Å². The Bertz CT molecular complexity index is 252. The van der Waals surface area contributed by atoms with Crippen LogP contribution in [0.2, 0.25) is 0 Å². The summed E-state index contributed by atoms with van der Waals surface area (Å²) in [5, 5.41) is 4.45. The summed E-state index contributed by atoms with van der Waals surface area (Å²) in [5.41, 5.74) is 4.36. The van der Waals surface area contributed by atoms with Crippen LogP contribution in [-0.2, 0) is 4.74 Å². The molecule has 1 N–H and O–H groups in total. The molecule has 0 bridgehead atoms. The van der Waals surface area contributed by atoms with Crippen LogP contribution >= 0.6 is 11.6 Å². The maximum absolute atomic E-state index is 6.42. The fourth-order valence-corrected chi connectivity index (χ4v) is 2.55. The molecule has 16 heavy (non-hydrogen) atoms. The van der Waals surface area contributed by atoms with Crippen molar-refractivity contribution in [1.29, 1.82) is 0 Å². The van der Waals surface area contributed by atoms with Crippen molar-refractivity contribution in [3.05, 3.63) is 0 Å². The second-order valence-electron chi connectivity index (χ2n) is 4.93. The van der Waals surface area contributed by atoms with Gasteiger partial charge in [-0.1, -0.05) is 18.0 Å². The molecule has 92 valence electrons. The minimum atomic E-state index is -0.555. The van der Waals surface area contributed by atoms with Crippen LogP contribution in [0.15, 0.2) is 5.10 Å². The molecule has 1 heterocycles. The first-order valence-electron chi connectivity index (χ1n) is 6.31. The number of nitrogens with zero attached hydrogens (tertiary/aromatic N) is 1. The van der Waals surface area contributed by atoms with Gasteiger partial charge < -0.3 is 4.74 Å². The molecule has 2 atom stereocenters. The lowest BCUT2D eigenvalue weighted by Gasteiger charge is -2.28. The van der Waals surface area contributed by atoms with Gasteiger partial charge in [-0.25, -0.2) is 0 Å². The molecule has 0 aromatic carbocycles. The summed E-state index contributed by atoms with van der Waals surface area (Å²) >= 11 is 6.42. The van der Waals surface area contributed by atoms with E-state index in [1.807, 2.05) is 6.92 Å². The molecule has 3 nitrogen and oxygen atoms in total. The summed E-state index contributed by atoms with van der Waals surface area (Å²) in [6, 6.07) is 0. The van der Waals surface area contributed by atoms with Crippen LogP contribution in [0.5, 0.6) is 0 Å². The van der Waals surface area contributed by atoms with Crippen LogP contribution in [0, 0.1) is 0 Å². The molecule has 4 heteroatoms. The van der Waals surface area contributed by atoms with E-state index in [1.54, 1.807) is 0 Å². The van der Waals surface area contributed by atoms with Gasteiger partial charge >= 0.3 is 0 Å². The summed E-state index contributed by atoms with van der Waals surface area (Å²) in [6.45, 7) is 2.78. The average molecular weight is 245 g/mol. The van der Waals surface area contributed by atoms with Crippen LogP contribution in [0.4, 0.5) is 0 Å². The van der Waals surface area contributed by atoms with Gasteiger partial charge in [-0.15, -0.1) is 0 Å². The van der Waals surface area contributed by atoms with Crippen LogP contribution in [0.25, 0.3) is 0 Å². The number of hydrogen-bond donors (Lipinski definition) is 1. The van der Waals surface area contributed by atoms with Crippen molar-refractivity contribution < 1.29 is 4.74 Å². The monoisotopic (exact) mass is 244 g/mol. The topological polar surface area (TPSA) is 33.6 Å². The average Bonchev–Trinajstić information content (AvgIpc) is 2.82. The van der Waals surface area contributed by atoms with Gasteiger partial charge in [-0.2, -0.15) is 5.10 Å². The van der Waals surface area contributed by atoms with Gasteiger partial charge in [0.05, 0.1) is 6.10 Å². The first-order valence-corrected chi connectivity index (χ1v) is 6.69. The Hall–Kier alpha value is -0.280. The molecule has 0 aromatic rings. The smallest absolute Gasteiger partial charge is 0.151 e. The Balaban J connectivity index is 1.86. The van der Waals surface area contributed by atoms with Gasteiger partial charge in [0, 0.05) is 12.3 Å². The zero-order valence-corrected chi connectivity index (χ0v) is 10.7. The molecule has 2 aliphatic rings. The molecule has 0 aromatic heterocycles. The molecule has 1 aliphatic carbocycles. The molecule has 1 saturated heterocycles. The number of ether oxygens (including phenoxy) is 1. The van der Waals surface area contributed by atoms with Gasteiger partial charge in [0.1, 0.15) is 0 Å². The SMILES string of the molecule is CC(Cl)(NN=C1CCCCC1)C1CCCO1. The Labute approximate surface area is 103 Å². The van der Waals surface area contributed by atoms with Gasteiger partial charge in [-0.05, 0) is 45.4 Å². The highest BCUT2D eigenvalue weighted by atomic mass is 35.5. The second kappa shape index (κ2) is 5.37. The first kappa shape index (κ1) is 12.2. The number of rotatable bonds is 3. The van der Waals surface area contributed by atoms with Crippen molar-refractivity contribution in [3.8, 4) is 0 Å². The largest absolute Gasteiger partial charge is 0.374 e. The number of nitrogens with one attached hydrogen (secondary N) is 1. The van der Waals surface area contributed by atoms with Crippen molar-refractivity contribution >= 4 is 17.3 Å². The molecular weight excluding hydrogens is 224 g/mol. The highest BCUT2D eigenvalue weighted by Gasteiger charge is 2.35. The molecular formula is C12H21ClN2O. The Morgan fingerprint density at radius 3 is 2.69 bits per heavy atom. The molecule has 0 radical (unpaired) electrons. The van der Waals surface area contributed by atoms with E-state index in [4.69, 9.17) is 16.3 Å². The predicted octanol–water partition coefficient (Wildman–Crippen LogP) is 3.03. The number of hydrogen-bond acceptors (Lipinski definition) is 3. The van der Waals surface area contributed by atoms with E-state index in [0.717, 1.165) is 32.3 Å². The summed E-state index contributed by atoms with van der Waals surface area (Å²) in [6.07, 6.45) is 8.31. The third-order valence-corrected chi connectivity index (χ3v) is 3.73. The normalized spacial score (nSPS) is 29.9. The lowest BCUT2D eigenvalue weighted by Crippen LogP contribution is -2.44. The third-order valence-electron chi connectivity index (χ3n) is 3.40. The van der Waals surface area contributed by atoms with Gasteiger partial charge in [0.15, 0.2) is 5.00 Å². The van der Waals surface area contributed by atoms with Crippen molar-refractivity contribution in [2.75, 3.05) is 6.61 Å². The fourth-order valence-electron chi connectivity index (χ4n) is 2.34. The van der Waals surface area contributed by atoms with Crippen LogP contribution in [0.3, 0.4) is 0 Å². The summed E-state index contributed by atoms with van der Waals surface area (Å²) in [7, 11) is 0. The standard InChI is InChI=1S/C12H21ClN2O/c1-12(13,11-8-5-9-16-11)15-14-10-6-3-2-4-7-10/h11,15H,2-9H2,1H3. The molecule has 0 spiro atoms. The van der Waals surface area contributed by atoms with E-state index in [2.05, 4.69) is 10.5 Å². The van der Waals surface area contributed by atoms with Crippen LogP contribution in [0.1, 0.15) is 51.9 Å². The molecule has 1 saturated carbocycles. The lowest BCUT2D eigenvalue weighted by molar-refractivity contribution is 0.0696. The minimum Gasteiger partial charge on any atom is -0.374 e. The van der Waals surface area contributed by atoms with E-state index in [1.165, 1.54) is 25.0 Å². The number of alkyl halides is 1. The summed E-state index contributed by atoms with van der Waals surface area (Å²) in [5.74, 6) is 0. The van der Waals surface area contributed by atoms with Gasteiger partial charge in [0.2, 0.25) is 0 Å². The molecule has 1 aliphatic heterocycles. The predicted molar refractivity (Wildman–Crippen MR) is 66.9 cm³/mol. The molecule has 2 unspecified atom stereocenters. The van der Waals surface area contributed by atoms with E-state index in [0.29, 0.717) is 0 Å².